The summed E-state index contributed by atoms with van der Waals surface area (Å²) in [5.74, 6) is 0.281. The molecule has 0 spiro atoms. The van der Waals surface area contributed by atoms with Crippen molar-refractivity contribution in [3.05, 3.63) is 90.5 Å². The fourth-order valence-electron chi connectivity index (χ4n) is 4.86. The first kappa shape index (κ1) is 23.9. The van der Waals surface area contributed by atoms with E-state index in [0.717, 1.165) is 59.5 Å². The molecule has 9 nitrogen and oxygen atoms in total. The van der Waals surface area contributed by atoms with Crippen LogP contribution in [0, 0.1) is 0 Å². The molecule has 0 saturated carbocycles. The zero-order valence-electron chi connectivity index (χ0n) is 21.3. The van der Waals surface area contributed by atoms with Gasteiger partial charge >= 0.3 is 0 Å². The van der Waals surface area contributed by atoms with E-state index in [2.05, 4.69) is 53.4 Å². The Hall–Kier alpha value is -4.50. The minimum absolute atomic E-state index is 0.195. The van der Waals surface area contributed by atoms with Gasteiger partial charge in [-0.2, -0.15) is 5.10 Å². The number of aromatic nitrogens is 5. The van der Waals surface area contributed by atoms with Crippen LogP contribution < -0.4 is 10.6 Å². The van der Waals surface area contributed by atoms with Crippen molar-refractivity contribution in [1.82, 2.24) is 29.6 Å². The van der Waals surface area contributed by atoms with E-state index in [1.807, 2.05) is 60.9 Å². The molecule has 1 amide bonds. The van der Waals surface area contributed by atoms with E-state index in [1.54, 1.807) is 12.4 Å². The second kappa shape index (κ2) is 10.5. The van der Waals surface area contributed by atoms with E-state index in [9.17, 15) is 4.79 Å². The fourth-order valence-corrected chi connectivity index (χ4v) is 4.86. The number of carbonyl (C=O) groups is 1. The molecule has 9 heteroatoms. The maximum atomic E-state index is 12.8. The summed E-state index contributed by atoms with van der Waals surface area (Å²) in [6, 6.07) is 20.0. The molecule has 3 N–H and O–H groups in total. The van der Waals surface area contributed by atoms with Gasteiger partial charge in [0.2, 0.25) is 0 Å². The predicted octanol–water partition coefficient (Wildman–Crippen LogP) is 4.63. The molecule has 38 heavy (non-hydrogen) atoms. The molecule has 2 aromatic carbocycles. The van der Waals surface area contributed by atoms with Gasteiger partial charge in [0.25, 0.3) is 5.91 Å². The van der Waals surface area contributed by atoms with Gasteiger partial charge in [0.15, 0.2) is 5.82 Å². The summed E-state index contributed by atoms with van der Waals surface area (Å²) in [4.78, 5) is 23.8. The number of likely N-dealkylation sites (tertiary alicyclic amines) is 1. The number of carbonyl (C=O) groups excluding carboxylic acids is 1. The molecule has 1 fully saturated rings. The second-order valence-corrected chi connectivity index (χ2v) is 9.85. The smallest absolute Gasteiger partial charge is 0.256 e. The largest absolute Gasteiger partial charge is 0.382 e. The predicted molar refractivity (Wildman–Crippen MR) is 149 cm³/mol. The average Bonchev–Trinajstić information content (AvgIpc) is 3.58. The highest BCUT2D eigenvalue weighted by atomic mass is 16.1. The Morgan fingerprint density at radius 1 is 1.03 bits per heavy atom. The summed E-state index contributed by atoms with van der Waals surface area (Å²) in [7, 11) is 2.16. The molecule has 192 valence electrons. The van der Waals surface area contributed by atoms with Crippen LogP contribution in [0.5, 0.6) is 0 Å². The summed E-state index contributed by atoms with van der Waals surface area (Å²) in [6.07, 6.45) is 7.69. The number of fused-ring (bicyclic) bond motifs is 1. The molecule has 4 heterocycles. The standard InChI is InChI=1S/C29H30N8O/c1-36-14-10-24(11-15-36)32-23-5-2-21(3-6-23)29(38)33-28-17-26(34-35-28)22-4-7-25-27(16-22)37(19-31-25)18-20-8-12-30-13-9-20/h2-9,12-13,16-17,19,24,32H,10-11,14-15,18H2,1H3,(H2,33,34,35,38). The molecule has 6 rings (SSSR count). The maximum absolute atomic E-state index is 12.8. The van der Waals surface area contributed by atoms with Gasteiger partial charge in [-0.1, -0.05) is 6.07 Å². The van der Waals surface area contributed by atoms with Gasteiger partial charge in [0, 0.05) is 47.9 Å². The number of amides is 1. The van der Waals surface area contributed by atoms with Crippen molar-refractivity contribution >= 4 is 28.4 Å². The van der Waals surface area contributed by atoms with Crippen molar-refractivity contribution in [3.8, 4) is 11.3 Å². The lowest BCUT2D eigenvalue weighted by molar-refractivity contribution is 0.102. The first-order valence-corrected chi connectivity index (χ1v) is 12.9. The summed E-state index contributed by atoms with van der Waals surface area (Å²) < 4.78 is 2.11. The zero-order valence-corrected chi connectivity index (χ0v) is 21.3. The summed E-state index contributed by atoms with van der Waals surface area (Å²) in [6.45, 7) is 2.92. The van der Waals surface area contributed by atoms with Crippen molar-refractivity contribution in [2.75, 3.05) is 30.8 Å². The zero-order chi connectivity index (χ0) is 25.9. The number of nitrogens with one attached hydrogen (secondary N) is 3. The maximum Gasteiger partial charge on any atom is 0.256 e. The summed E-state index contributed by atoms with van der Waals surface area (Å²) in [5.41, 5.74) is 6.50. The fraction of sp³-hybridized carbons (Fsp3) is 0.241. The lowest BCUT2D eigenvalue weighted by atomic mass is 10.0. The summed E-state index contributed by atoms with van der Waals surface area (Å²) in [5, 5.41) is 13.8. The van der Waals surface area contributed by atoms with E-state index in [0.29, 0.717) is 24.0 Å². The molecular weight excluding hydrogens is 476 g/mol. The molecule has 3 aromatic heterocycles. The lowest BCUT2D eigenvalue weighted by Crippen LogP contribution is -2.36. The van der Waals surface area contributed by atoms with Crippen LogP contribution in [-0.2, 0) is 6.54 Å². The van der Waals surface area contributed by atoms with Crippen LogP contribution in [0.25, 0.3) is 22.3 Å². The number of rotatable bonds is 7. The van der Waals surface area contributed by atoms with E-state index >= 15 is 0 Å². The number of nitrogens with zero attached hydrogens (tertiary/aromatic N) is 5. The molecule has 0 atom stereocenters. The van der Waals surface area contributed by atoms with Crippen LogP contribution in [-0.4, -0.2) is 61.7 Å². The lowest BCUT2D eigenvalue weighted by Gasteiger charge is -2.30. The molecule has 0 aliphatic carbocycles. The van der Waals surface area contributed by atoms with Crippen molar-refractivity contribution in [1.29, 1.82) is 0 Å². The molecule has 0 unspecified atom stereocenters. The number of hydrogen-bond acceptors (Lipinski definition) is 6. The molecule has 5 aromatic rings. The van der Waals surface area contributed by atoms with Crippen LogP contribution in [0.2, 0.25) is 0 Å². The molecule has 1 aliphatic heterocycles. The Morgan fingerprint density at radius 3 is 2.61 bits per heavy atom. The highest BCUT2D eigenvalue weighted by molar-refractivity contribution is 6.04. The number of benzene rings is 2. The highest BCUT2D eigenvalue weighted by Gasteiger charge is 2.17. The van der Waals surface area contributed by atoms with Crippen LogP contribution in [0.1, 0.15) is 28.8 Å². The Kier molecular flexibility index (Phi) is 6.58. The van der Waals surface area contributed by atoms with E-state index < -0.39 is 0 Å². The van der Waals surface area contributed by atoms with Gasteiger partial charge in [-0.15, -0.1) is 0 Å². The monoisotopic (exact) mass is 506 g/mol. The van der Waals surface area contributed by atoms with E-state index in [1.165, 1.54) is 0 Å². The van der Waals surface area contributed by atoms with Gasteiger partial charge in [-0.3, -0.25) is 14.9 Å². The first-order valence-electron chi connectivity index (χ1n) is 12.9. The van der Waals surface area contributed by atoms with Crippen LogP contribution in [0.15, 0.2) is 79.4 Å². The van der Waals surface area contributed by atoms with Gasteiger partial charge in [-0.05, 0) is 87.1 Å². The molecule has 1 saturated heterocycles. The van der Waals surface area contributed by atoms with Crippen molar-refractivity contribution < 1.29 is 4.79 Å². The van der Waals surface area contributed by atoms with Gasteiger partial charge in [-0.25, -0.2) is 4.98 Å². The van der Waals surface area contributed by atoms with Crippen molar-refractivity contribution in [3.63, 3.8) is 0 Å². The van der Waals surface area contributed by atoms with Crippen LogP contribution >= 0.6 is 0 Å². The van der Waals surface area contributed by atoms with E-state index in [4.69, 9.17) is 0 Å². The number of imidazole rings is 1. The van der Waals surface area contributed by atoms with Crippen molar-refractivity contribution in [2.45, 2.75) is 25.4 Å². The van der Waals surface area contributed by atoms with Crippen LogP contribution in [0.4, 0.5) is 11.5 Å². The van der Waals surface area contributed by atoms with Crippen LogP contribution in [0.3, 0.4) is 0 Å². The number of aromatic amines is 1. The number of anilines is 2. The highest BCUT2D eigenvalue weighted by Crippen LogP contribution is 2.25. The number of H-pyrrole nitrogens is 1. The third-order valence-electron chi connectivity index (χ3n) is 7.09. The van der Waals surface area contributed by atoms with Gasteiger partial charge in [0.05, 0.1) is 23.1 Å². The van der Waals surface area contributed by atoms with Gasteiger partial charge < -0.3 is 20.1 Å². The molecule has 0 radical (unpaired) electrons. The Labute approximate surface area is 220 Å². The first-order chi connectivity index (χ1) is 18.6. The molecule has 0 bridgehead atoms. The quantitative estimate of drug-likeness (QED) is 0.297. The number of piperidine rings is 1. The average molecular weight is 507 g/mol. The Balaban J connectivity index is 1.12. The summed E-state index contributed by atoms with van der Waals surface area (Å²) >= 11 is 0. The third-order valence-corrected chi connectivity index (χ3v) is 7.09. The topological polar surface area (TPSA) is 104 Å². The van der Waals surface area contributed by atoms with Gasteiger partial charge in [0.1, 0.15) is 0 Å². The molecular formula is C29H30N8O. The Morgan fingerprint density at radius 2 is 1.82 bits per heavy atom. The van der Waals surface area contributed by atoms with E-state index in [-0.39, 0.29) is 5.91 Å². The third kappa shape index (κ3) is 5.28. The minimum Gasteiger partial charge on any atom is -0.382 e. The minimum atomic E-state index is -0.195. The molecule has 1 aliphatic rings. The normalized spacial score (nSPS) is 14.6. The van der Waals surface area contributed by atoms with Crippen molar-refractivity contribution in [2.24, 2.45) is 0 Å². The SMILES string of the molecule is CN1CCC(Nc2ccc(C(=O)Nc3cc(-c4ccc5ncn(Cc6ccncc6)c5c4)[nH]n3)cc2)CC1. The second-order valence-electron chi connectivity index (χ2n) is 9.85. The Bertz CT molecular complexity index is 1530. The number of hydrogen-bond donors (Lipinski definition) is 3. The number of pyridine rings is 1.